The van der Waals surface area contributed by atoms with E-state index >= 15 is 0 Å². The Morgan fingerprint density at radius 3 is 2.54 bits per heavy atom. The van der Waals surface area contributed by atoms with Gasteiger partial charge in [0, 0.05) is 7.05 Å². The van der Waals surface area contributed by atoms with Crippen LogP contribution >= 0.6 is 0 Å². The first-order valence-electron chi connectivity index (χ1n) is 3.38. The highest BCUT2D eigenvalue weighted by Crippen LogP contribution is 2.28. The molecule has 0 radical (unpaired) electrons. The summed E-state index contributed by atoms with van der Waals surface area (Å²) in [6, 6.07) is 1.94. The molecule has 0 amide bonds. The van der Waals surface area contributed by atoms with E-state index in [1.165, 1.54) is 7.05 Å². The Balaban J connectivity index is 3.41. The van der Waals surface area contributed by atoms with Gasteiger partial charge in [-0.15, -0.1) is 0 Å². The van der Waals surface area contributed by atoms with Gasteiger partial charge in [-0.3, -0.25) is 10.1 Å². The van der Waals surface area contributed by atoms with E-state index < -0.39 is 22.2 Å². The molecule has 0 bridgehead atoms. The number of rotatable bonds is 2. The van der Waals surface area contributed by atoms with Gasteiger partial charge in [-0.05, 0) is 12.1 Å². The van der Waals surface area contributed by atoms with Crippen LogP contribution in [0.2, 0.25) is 0 Å². The van der Waals surface area contributed by atoms with Crippen LogP contribution < -0.4 is 5.32 Å². The predicted molar refractivity (Wildman–Crippen MR) is 42.6 cm³/mol. The maximum absolute atomic E-state index is 12.8. The summed E-state index contributed by atoms with van der Waals surface area (Å²) in [5.74, 6) is -2.68. The molecule has 0 saturated heterocycles. The molecule has 1 aromatic rings. The van der Waals surface area contributed by atoms with Crippen molar-refractivity contribution in [3.63, 3.8) is 0 Å². The number of nitro benzene ring substituents is 1. The molecule has 0 atom stereocenters. The van der Waals surface area contributed by atoms with E-state index in [0.29, 0.717) is 0 Å². The molecule has 70 valence electrons. The highest BCUT2D eigenvalue weighted by atomic mass is 19.2. The zero-order valence-corrected chi connectivity index (χ0v) is 6.67. The first-order valence-corrected chi connectivity index (χ1v) is 3.38. The van der Waals surface area contributed by atoms with Gasteiger partial charge in [0.25, 0.3) is 0 Å². The molecule has 0 heterocycles. The van der Waals surface area contributed by atoms with E-state index in [1.54, 1.807) is 0 Å². The second kappa shape index (κ2) is 3.34. The fourth-order valence-corrected chi connectivity index (χ4v) is 0.920. The molecule has 0 aliphatic carbocycles. The molecule has 0 fully saturated rings. The SMILES string of the molecule is CNc1ccc(F)c(F)c1[N+](=O)[O-]. The van der Waals surface area contributed by atoms with Crippen LogP contribution in [-0.2, 0) is 0 Å². The molecule has 1 N–H and O–H groups in total. The number of hydrogen-bond acceptors (Lipinski definition) is 3. The summed E-state index contributed by atoms with van der Waals surface area (Å²) in [5, 5.41) is 12.7. The second-order valence-electron chi connectivity index (χ2n) is 2.26. The highest BCUT2D eigenvalue weighted by molar-refractivity contribution is 5.61. The summed E-state index contributed by atoms with van der Waals surface area (Å²) in [6.07, 6.45) is 0. The van der Waals surface area contributed by atoms with Gasteiger partial charge in [-0.2, -0.15) is 4.39 Å². The molecule has 1 aromatic carbocycles. The quantitative estimate of drug-likeness (QED) is 0.569. The normalized spacial score (nSPS) is 9.77. The number of anilines is 1. The van der Waals surface area contributed by atoms with E-state index in [9.17, 15) is 18.9 Å². The van der Waals surface area contributed by atoms with Gasteiger partial charge >= 0.3 is 5.69 Å². The molecule has 0 aliphatic heterocycles. The zero-order valence-electron chi connectivity index (χ0n) is 6.67. The second-order valence-corrected chi connectivity index (χ2v) is 2.26. The summed E-state index contributed by atoms with van der Waals surface area (Å²) in [6.45, 7) is 0. The van der Waals surface area contributed by atoms with Gasteiger partial charge in [0.1, 0.15) is 5.69 Å². The van der Waals surface area contributed by atoms with E-state index in [2.05, 4.69) is 5.32 Å². The van der Waals surface area contributed by atoms with Gasteiger partial charge in [0.05, 0.1) is 4.92 Å². The minimum absolute atomic E-state index is 0.0519. The molecule has 6 heteroatoms. The molecule has 0 saturated carbocycles. The minimum Gasteiger partial charge on any atom is -0.382 e. The van der Waals surface area contributed by atoms with Gasteiger partial charge in [0.15, 0.2) is 5.82 Å². The standard InChI is InChI=1S/C7H6F2N2O2/c1-10-5-3-2-4(8)6(9)7(5)11(12)13/h2-3,10H,1H3. The van der Waals surface area contributed by atoms with Crippen molar-refractivity contribution in [1.29, 1.82) is 0 Å². The van der Waals surface area contributed by atoms with Crippen LogP contribution in [0.15, 0.2) is 12.1 Å². The molecule has 4 nitrogen and oxygen atoms in total. The average Bonchev–Trinajstić information content (AvgIpc) is 2.08. The van der Waals surface area contributed by atoms with E-state index in [-0.39, 0.29) is 5.69 Å². The van der Waals surface area contributed by atoms with Crippen molar-refractivity contribution in [1.82, 2.24) is 0 Å². The van der Waals surface area contributed by atoms with Crippen molar-refractivity contribution in [2.75, 3.05) is 12.4 Å². The fraction of sp³-hybridized carbons (Fsp3) is 0.143. The van der Waals surface area contributed by atoms with Gasteiger partial charge < -0.3 is 5.32 Å². The lowest BCUT2D eigenvalue weighted by Gasteiger charge is -2.02. The van der Waals surface area contributed by atoms with Gasteiger partial charge in [-0.1, -0.05) is 0 Å². The largest absolute Gasteiger partial charge is 0.382 e. The van der Waals surface area contributed by atoms with Crippen LogP contribution in [0.25, 0.3) is 0 Å². The monoisotopic (exact) mass is 188 g/mol. The van der Waals surface area contributed by atoms with Crippen molar-refractivity contribution < 1.29 is 13.7 Å². The molecule has 0 aliphatic rings. The first-order chi connectivity index (χ1) is 6.07. The summed E-state index contributed by atoms with van der Waals surface area (Å²) >= 11 is 0. The third-order valence-electron chi connectivity index (χ3n) is 1.52. The van der Waals surface area contributed by atoms with Crippen molar-refractivity contribution >= 4 is 11.4 Å². The maximum atomic E-state index is 12.8. The number of hydrogen-bond donors (Lipinski definition) is 1. The molecule has 0 spiro atoms. The average molecular weight is 188 g/mol. The summed E-state index contributed by atoms with van der Waals surface area (Å²) in [4.78, 5) is 9.34. The van der Waals surface area contributed by atoms with Crippen LogP contribution in [-0.4, -0.2) is 12.0 Å². The minimum atomic E-state index is -1.45. The number of nitro groups is 1. The molecule has 0 aromatic heterocycles. The lowest BCUT2D eigenvalue weighted by Crippen LogP contribution is -2.01. The molecule has 1 rings (SSSR count). The Bertz CT molecular complexity index is 355. The zero-order chi connectivity index (χ0) is 10.0. The lowest BCUT2D eigenvalue weighted by atomic mass is 10.2. The Labute approximate surface area is 72.3 Å². The summed E-state index contributed by atoms with van der Waals surface area (Å²) in [5.41, 5.74) is -0.925. The van der Waals surface area contributed by atoms with Gasteiger partial charge in [0.2, 0.25) is 5.82 Å². The van der Waals surface area contributed by atoms with Crippen molar-refractivity contribution in [2.45, 2.75) is 0 Å². The van der Waals surface area contributed by atoms with Crippen LogP contribution in [0.3, 0.4) is 0 Å². The van der Waals surface area contributed by atoms with E-state index in [0.717, 1.165) is 12.1 Å². The van der Waals surface area contributed by atoms with Gasteiger partial charge in [-0.25, -0.2) is 4.39 Å². The Kier molecular flexibility index (Phi) is 2.41. The molecule has 13 heavy (non-hydrogen) atoms. The van der Waals surface area contributed by atoms with Crippen molar-refractivity contribution in [3.8, 4) is 0 Å². The Morgan fingerprint density at radius 2 is 2.08 bits per heavy atom. The summed E-state index contributed by atoms with van der Waals surface area (Å²) < 4.78 is 25.4. The third-order valence-corrected chi connectivity index (χ3v) is 1.52. The molecular weight excluding hydrogens is 182 g/mol. The maximum Gasteiger partial charge on any atom is 0.330 e. The van der Waals surface area contributed by atoms with Crippen LogP contribution in [0, 0.1) is 21.7 Å². The van der Waals surface area contributed by atoms with Crippen molar-refractivity contribution in [3.05, 3.63) is 33.9 Å². The lowest BCUT2D eigenvalue weighted by molar-refractivity contribution is -0.386. The van der Waals surface area contributed by atoms with Crippen LogP contribution in [0.1, 0.15) is 0 Å². The predicted octanol–water partition coefficient (Wildman–Crippen LogP) is 1.91. The van der Waals surface area contributed by atoms with Crippen LogP contribution in [0.5, 0.6) is 0 Å². The number of benzene rings is 1. The topological polar surface area (TPSA) is 55.2 Å². The first kappa shape index (κ1) is 9.37. The Hall–Kier alpha value is -1.72. The fourth-order valence-electron chi connectivity index (χ4n) is 0.920. The van der Waals surface area contributed by atoms with E-state index in [1.807, 2.05) is 0 Å². The smallest absolute Gasteiger partial charge is 0.330 e. The van der Waals surface area contributed by atoms with Crippen LogP contribution in [0.4, 0.5) is 20.2 Å². The van der Waals surface area contributed by atoms with E-state index in [4.69, 9.17) is 0 Å². The Morgan fingerprint density at radius 1 is 1.46 bits per heavy atom. The molecule has 0 unspecified atom stereocenters. The number of nitrogens with one attached hydrogen (secondary N) is 1. The highest BCUT2D eigenvalue weighted by Gasteiger charge is 2.22. The van der Waals surface area contributed by atoms with Crippen molar-refractivity contribution in [2.24, 2.45) is 0 Å². The summed E-state index contributed by atoms with van der Waals surface area (Å²) in [7, 11) is 1.39. The third kappa shape index (κ3) is 1.56. The number of halogens is 2. The molecular formula is C7H6F2N2O2. The number of nitrogens with zero attached hydrogens (tertiary/aromatic N) is 1.